The first-order valence-corrected chi connectivity index (χ1v) is 9.14. The normalized spacial score (nSPS) is 17.3. The molecule has 1 aromatic heterocycles. The van der Waals surface area contributed by atoms with Gasteiger partial charge in [-0.1, -0.05) is 18.2 Å². The van der Waals surface area contributed by atoms with Crippen molar-refractivity contribution >= 4 is 17.2 Å². The smallest absolute Gasteiger partial charge is 0.235 e. The molecule has 6 heteroatoms. The largest absolute Gasteiger partial charge is 0.337 e. The van der Waals surface area contributed by atoms with Crippen molar-refractivity contribution in [3.05, 3.63) is 58.0 Å². The van der Waals surface area contributed by atoms with Gasteiger partial charge in [0.2, 0.25) is 5.91 Å². The number of nitrogens with one attached hydrogen (secondary N) is 2. The van der Waals surface area contributed by atoms with Crippen LogP contribution in [-0.4, -0.2) is 18.0 Å². The molecule has 1 amide bonds. The molecule has 2 N–H and O–H groups in total. The van der Waals surface area contributed by atoms with Crippen LogP contribution in [0.2, 0.25) is 0 Å². The third kappa shape index (κ3) is 4.25. The lowest BCUT2D eigenvalue weighted by Gasteiger charge is -2.24. The van der Waals surface area contributed by atoms with Crippen molar-refractivity contribution in [3.63, 3.8) is 0 Å². The van der Waals surface area contributed by atoms with Crippen molar-refractivity contribution in [3.8, 4) is 6.07 Å². The van der Waals surface area contributed by atoms with Gasteiger partial charge in [-0.15, -0.1) is 11.3 Å². The van der Waals surface area contributed by atoms with Crippen molar-refractivity contribution in [1.29, 1.82) is 5.26 Å². The van der Waals surface area contributed by atoms with Crippen molar-refractivity contribution < 1.29 is 9.18 Å². The molecule has 1 heterocycles. The zero-order valence-corrected chi connectivity index (χ0v) is 14.8. The van der Waals surface area contributed by atoms with E-state index in [2.05, 4.69) is 16.7 Å². The number of nitrogens with zero attached hydrogens (tertiary/aromatic N) is 1. The maximum absolute atomic E-state index is 13.2. The van der Waals surface area contributed by atoms with E-state index < -0.39 is 5.54 Å². The Labute approximate surface area is 150 Å². The quantitative estimate of drug-likeness (QED) is 0.798. The molecule has 0 bridgehead atoms. The van der Waals surface area contributed by atoms with Gasteiger partial charge in [-0.25, -0.2) is 4.39 Å². The van der Waals surface area contributed by atoms with Gasteiger partial charge in [0.15, 0.2) is 0 Å². The van der Waals surface area contributed by atoms with Crippen LogP contribution in [0, 0.1) is 23.1 Å². The van der Waals surface area contributed by atoms with Crippen LogP contribution >= 0.6 is 11.3 Å². The number of amides is 1. The van der Waals surface area contributed by atoms with E-state index in [1.165, 1.54) is 12.1 Å². The van der Waals surface area contributed by atoms with Crippen molar-refractivity contribution in [1.82, 2.24) is 10.6 Å². The summed E-state index contributed by atoms with van der Waals surface area (Å²) in [6, 6.07) is 12.2. The number of halogens is 1. The van der Waals surface area contributed by atoms with E-state index in [1.54, 1.807) is 30.4 Å². The van der Waals surface area contributed by atoms with E-state index >= 15 is 0 Å². The van der Waals surface area contributed by atoms with Gasteiger partial charge in [-0.05, 0) is 54.8 Å². The van der Waals surface area contributed by atoms with Crippen molar-refractivity contribution in [2.24, 2.45) is 5.92 Å². The average molecular weight is 357 g/mol. The maximum Gasteiger partial charge on any atom is 0.235 e. The molecule has 1 aliphatic rings. The molecule has 0 saturated heterocycles. The van der Waals surface area contributed by atoms with Crippen LogP contribution in [0.5, 0.6) is 0 Å². The number of hydrogen-bond acceptors (Lipinski definition) is 4. The minimum atomic E-state index is -0.799. The maximum atomic E-state index is 13.2. The molecule has 130 valence electrons. The van der Waals surface area contributed by atoms with E-state index in [0.29, 0.717) is 0 Å². The zero-order valence-electron chi connectivity index (χ0n) is 14.0. The summed E-state index contributed by atoms with van der Waals surface area (Å²) in [5.41, 5.74) is 0.0921. The van der Waals surface area contributed by atoms with Gasteiger partial charge in [0.1, 0.15) is 11.4 Å². The van der Waals surface area contributed by atoms with Crippen molar-refractivity contribution in [2.45, 2.75) is 31.3 Å². The lowest BCUT2D eigenvalue weighted by atomic mass is 9.98. The zero-order chi connectivity index (χ0) is 17.9. The fourth-order valence-electron chi connectivity index (χ4n) is 2.90. The lowest BCUT2D eigenvalue weighted by Crippen LogP contribution is -2.49. The molecule has 4 nitrogen and oxygen atoms in total. The van der Waals surface area contributed by atoms with Crippen LogP contribution in [0.15, 0.2) is 41.8 Å². The van der Waals surface area contributed by atoms with E-state index in [9.17, 15) is 14.4 Å². The van der Waals surface area contributed by atoms with Crippen LogP contribution < -0.4 is 10.6 Å². The van der Waals surface area contributed by atoms with Gasteiger partial charge in [0, 0.05) is 4.88 Å². The molecule has 2 aromatic rings. The van der Waals surface area contributed by atoms with Gasteiger partial charge >= 0.3 is 0 Å². The van der Waals surface area contributed by atoms with E-state index in [0.717, 1.165) is 23.3 Å². The summed E-state index contributed by atoms with van der Waals surface area (Å²) in [5.74, 6) is -0.257. The van der Waals surface area contributed by atoms with Crippen LogP contribution in [-0.2, 0) is 4.79 Å². The second-order valence-electron chi connectivity index (χ2n) is 6.52. The molecular formula is C19H20FN3OS. The molecular weight excluding hydrogens is 337 g/mol. The number of carbonyl (C=O) groups is 1. The minimum Gasteiger partial charge on any atom is -0.337 e. The second kappa shape index (κ2) is 7.34. The Bertz CT molecular complexity index is 765. The van der Waals surface area contributed by atoms with Crippen LogP contribution in [0.25, 0.3) is 0 Å². The van der Waals surface area contributed by atoms with Crippen LogP contribution in [0.4, 0.5) is 4.39 Å². The molecule has 1 fully saturated rings. The first-order valence-electron chi connectivity index (χ1n) is 8.26. The molecule has 0 radical (unpaired) electrons. The Morgan fingerprint density at radius 2 is 2.12 bits per heavy atom. The standard InChI is InChI=1S/C19H20FN3OS/c1-19(12-21,14-6-7-14)23-17(24)11-22-18(16-3-2-10-25-16)13-4-8-15(20)9-5-13/h2-5,8-10,14,18,22H,6-7,11H2,1H3,(H,23,24). The Kier molecular flexibility index (Phi) is 5.16. The van der Waals surface area contributed by atoms with Gasteiger partial charge < -0.3 is 5.32 Å². The number of rotatable bonds is 7. The minimum absolute atomic E-state index is 0.0872. The van der Waals surface area contributed by atoms with Gasteiger partial charge in [-0.3, -0.25) is 10.1 Å². The average Bonchev–Trinajstić information content (AvgIpc) is 3.34. The summed E-state index contributed by atoms with van der Waals surface area (Å²) < 4.78 is 13.2. The van der Waals surface area contributed by atoms with E-state index in [4.69, 9.17) is 0 Å². The highest BCUT2D eigenvalue weighted by molar-refractivity contribution is 7.10. The number of nitriles is 1. The van der Waals surface area contributed by atoms with Gasteiger partial charge in [0.25, 0.3) is 0 Å². The molecule has 25 heavy (non-hydrogen) atoms. The van der Waals surface area contributed by atoms with E-state index in [1.807, 2.05) is 17.5 Å². The molecule has 1 saturated carbocycles. The molecule has 0 aliphatic heterocycles. The number of carbonyl (C=O) groups excluding carboxylic acids is 1. The lowest BCUT2D eigenvalue weighted by molar-refractivity contribution is -0.121. The topological polar surface area (TPSA) is 64.9 Å². The Balaban J connectivity index is 1.68. The SMILES string of the molecule is CC(C#N)(NC(=O)CNC(c1ccc(F)cc1)c1cccs1)C1CC1. The van der Waals surface area contributed by atoms with Crippen LogP contribution in [0.1, 0.15) is 36.2 Å². The van der Waals surface area contributed by atoms with Gasteiger partial charge in [0.05, 0.1) is 18.7 Å². The summed E-state index contributed by atoms with van der Waals surface area (Å²) >= 11 is 1.57. The summed E-state index contributed by atoms with van der Waals surface area (Å²) in [7, 11) is 0. The monoisotopic (exact) mass is 357 g/mol. The summed E-state index contributed by atoms with van der Waals surface area (Å²) in [4.78, 5) is 13.4. The molecule has 3 rings (SSSR count). The second-order valence-corrected chi connectivity index (χ2v) is 7.50. The Hall–Kier alpha value is -2.23. The number of benzene rings is 1. The highest BCUT2D eigenvalue weighted by Crippen LogP contribution is 2.39. The Morgan fingerprint density at radius 3 is 2.68 bits per heavy atom. The van der Waals surface area contributed by atoms with Crippen LogP contribution in [0.3, 0.4) is 0 Å². The third-order valence-corrected chi connectivity index (χ3v) is 5.46. The molecule has 1 aliphatic carbocycles. The summed E-state index contributed by atoms with van der Waals surface area (Å²) in [6.07, 6.45) is 1.95. The van der Waals surface area contributed by atoms with E-state index in [-0.39, 0.29) is 30.2 Å². The highest BCUT2D eigenvalue weighted by Gasteiger charge is 2.42. The highest BCUT2D eigenvalue weighted by atomic mass is 32.1. The predicted octanol–water partition coefficient (Wildman–Crippen LogP) is 3.37. The molecule has 0 spiro atoms. The fraction of sp³-hybridized carbons (Fsp3) is 0.368. The first kappa shape index (κ1) is 17.6. The summed E-state index contributed by atoms with van der Waals surface area (Å²) in [6.45, 7) is 1.86. The molecule has 2 unspecified atom stereocenters. The fourth-order valence-corrected chi connectivity index (χ4v) is 3.73. The van der Waals surface area contributed by atoms with Gasteiger partial charge in [-0.2, -0.15) is 5.26 Å². The van der Waals surface area contributed by atoms with Crippen molar-refractivity contribution in [2.75, 3.05) is 6.54 Å². The third-order valence-electron chi connectivity index (χ3n) is 4.52. The molecule has 2 atom stereocenters. The first-order chi connectivity index (χ1) is 12.0. The summed E-state index contributed by atoms with van der Waals surface area (Å²) in [5, 5.41) is 17.4. The predicted molar refractivity (Wildman–Crippen MR) is 95.4 cm³/mol. The number of hydrogen-bond donors (Lipinski definition) is 2. The number of thiophene rings is 1. The molecule has 1 aromatic carbocycles. The Morgan fingerprint density at radius 1 is 1.40 bits per heavy atom.